The molecule has 1 saturated heterocycles. The lowest BCUT2D eigenvalue weighted by molar-refractivity contribution is -0.120. The summed E-state index contributed by atoms with van der Waals surface area (Å²) in [6.45, 7) is 0.892. The van der Waals surface area contributed by atoms with Gasteiger partial charge < -0.3 is 31.5 Å². The highest BCUT2D eigenvalue weighted by molar-refractivity contribution is 6.36. The van der Waals surface area contributed by atoms with Crippen molar-refractivity contribution in [2.75, 3.05) is 20.2 Å². The van der Waals surface area contributed by atoms with Crippen LogP contribution in [0.1, 0.15) is 30.4 Å². The van der Waals surface area contributed by atoms with Crippen molar-refractivity contribution in [2.24, 2.45) is 5.73 Å². The monoisotopic (exact) mass is 637 g/mol. The Morgan fingerprint density at radius 2 is 2.04 bits per heavy atom. The first-order valence-electron chi connectivity index (χ1n) is 14.3. The Morgan fingerprint density at radius 1 is 1.24 bits per heavy atom. The summed E-state index contributed by atoms with van der Waals surface area (Å²) in [5.74, 6) is -0.990. The lowest BCUT2D eigenvalue weighted by Crippen LogP contribution is -2.35. The van der Waals surface area contributed by atoms with Gasteiger partial charge in [0.1, 0.15) is 11.5 Å². The molecule has 0 aliphatic carbocycles. The van der Waals surface area contributed by atoms with Gasteiger partial charge in [-0.2, -0.15) is 0 Å². The van der Waals surface area contributed by atoms with Gasteiger partial charge in [-0.3, -0.25) is 18.8 Å². The number of aliphatic hydroxyl groups excluding tert-OH is 1. The first kappa shape index (κ1) is 32.0. The Morgan fingerprint density at radius 3 is 2.78 bits per heavy atom. The lowest BCUT2D eigenvalue weighted by Gasteiger charge is -2.15. The van der Waals surface area contributed by atoms with E-state index in [1.807, 2.05) is 0 Å². The smallest absolute Gasteiger partial charge is 0.262 e. The molecule has 2 amide bonds. The van der Waals surface area contributed by atoms with Gasteiger partial charge in [0, 0.05) is 73.8 Å². The lowest BCUT2D eigenvalue weighted by atomic mass is 10.0. The van der Waals surface area contributed by atoms with Crippen LogP contribution in [0.2, 0.25) is 5.02 Å². The quantitative estimate of drug-likeness (QED) is 0.147. The largest absolute Gasteiger partial charge is 0.481 e. The van der Waals surface area contributed by atoms with Crippen LogP contribution in [0.25, 0.3) is 28.0 Å². The second-order valence-corrected chi connectivity index (χ2v) is 11.1. The number of amides is 2. The average Bonchev–Trinajstić information content (AvgIpc) is 3.43. The third-order valence-electron chi connectivity index (χ3n) is 7.50. The highest BCUT2D eigenvalue weighted by atomic mass is 35.5. The first-order valence-corrected chi connectivity index (χ1v) is 14.7. The molecule has 12 nitrogen and oxygen atoms in total. The molecule has 3 aromatic heterocycles. The van der Waals surface area contributed by atoms with Crippen LogP contribution in [0, 0.1) is 5.82 Å². The summed E-state index contributed by atoms with van der Waals surface area (Å²) in [7, 11) is 1.42. The van der Waals surface area contributed by atoms with E-state index < -0.39 is 17.8 Å². The van der Waals surface area contributed by atoms with Gasteiger partial charge in [0.15, 0.2) is 0 Å². The van der Waals surface area contributed by atoms with Crippen molar-refractivity contribution in [1.29, 1.82) is 0 Å². The highest BCUT2D eigenvalue weighted by Gasteiger charge is 2.22. The number of ether oxygens (including phenoxy) is 1. The number of nitrogens with zero attached hydrogens (tertiary/aromatic N) is 3. The van der Waals surface area contributed by atoms with E-state index in [9.17, 15) is 19.5 Å². The van der Waals surface area contributed by atoms with Crippen molar-refractivity contribution >= 4 is 29.1 Å². The maximum atomic E-state index is 15.4. The molecular formula is C31H33ClFN7O5. The van der Waals surface area contributed by atoms with Crippen LogP contribution in [0.5, 0.6) is 5.88 Å². The summed E-state index contributed by atoms with van der Waals surface area (Å²) in [4.78, 5) is 44.4. The van der Waals surface area contributed by atoms with Gasteiger partial charge in [0.2, 0.25) is 17.7 Å². The Kier molecular flexibility index (Phi) is 10.0. The second kappa shape index (κ2) is 14.1. The Balaban J connectivity index is 1.35. The van der Waals surface area contributed by atoms with Crippen molar-refractivity contribution in [3.05, 3.63) is 81.1 Å². The van der Waals surface area contributed by atoms with E-state index in [1.54, 1.807) is 36.5 Å². The van der Waals surface area contributed by atoms with Crippen molar-refractivity contribution in [3.8, 4) is 28.3 Å². The van der Waals surface area contributed by atoms with E-state index in [2.05, 4.69) is 25.9 Å². The molecular weight excluding hydrogens is 605 g/mol. The molecule has 4 heterocycles. The number of methoxy groups -OCH3 is 1. The second-order valence-electron chi connectivity index (χ2n) is 10.8. The van der Waals surface area contributed by atoms with Crippen molar-refractivity contribution in [3.63, 3.8) is 0 Å². The number of primary amides is 1. The fourth-order valence-electron chi connectivity index (χ4n) is 5.22. The molecule has 45 heavy (non-hydrogen) atoms. The predicted octanol–water partition coefficient (Wildman–Crippen LogP) is 1.92. The molecule has 14 heteroatoms. The molecule has 236 valence electrons. The molecule has 0 bridgehead atoms. The topological polar surface area (TPSA) is 173 Å². The number of pyridine rings is 2. The maximum Gasteiger partial charge on any atom is 0.262 e. The minimum Gasteiger partial charge on any atom is -0.481 e. The van der Waals surface area contributed by atoms with Gasteiger partial charge >= 0.3 is 0 Å². The van der Waals surface area contributed by atoms with Gasteiger partial charge in [0.05, 0.1) is 35.9 Å². The van der Waals surface area contributed by atoms with Gasteiger partial charge in [-0.05, 0) is 24.1 Å². The van der Waals surface area contributed by atoms with Crippen LogP contribution < -0.4 is 32.0 Å². The molecule has 6 N–H and O–H groups in total. The average molecular weight is 638 g/mol. The zero-order valence-electron chi connectivity index (χ0n) is 24.5. The van der Waals surface area contributed by atoms with Crippen LogP contribution in [-0.4, -0.2) is 63.6 Å². The molecule has 2 atom stereocenters. The van der Waals surface area contributed by atoms with Gasteiger partial charge in [0.25, 0.3) is 5.56 Å². The SMILES string of the molecule is COc1nc(-c2cccc(-c3ccn4c(=O)c(CNC[C@@H](O)CC(N)=O)cnc4c3)c2Cl)cc(F)c1CNC[C@@H]1CCC(=O)N1. The fourth-order valence-corrected chi connectivity index (χ4v) is 5.55. The highest BCUT2D eigenvalue weighted by Crippen LogP contribution is 2.37. The minimum atomic E-state index is -0.956. The number of aliphatic hydroxyl groups is 1. The first-order chi connectivity index (χ1) is 21.6. The number of hydrogen-bond acceptors (Lipinski definition) is 9. The van der Waals surface area contributed by atoms with Crippen LogP contribution >= 0.6 is 11.6 Å². The van der Waals surface area contributed by atoms with E-state index in [-0.39, 0.29) is 60.7 Å². The van der Waals surface area contributed by atoms with E-state index in [0.717, 1.165) is 6.42 Å². The normalized spacial score (nSPS) is 15.3. The zero-order valence-corrected chi connectivity index (χ0v) is 25.2. The van der Waals surface area contributed by atoms with Crippen LogP contribution in [-0.2, 0) is 22.7 Å². The number of fused-ring (bicyclic) bond motifs is 1. The van der Waals surface area contributed by atoms with Crippen LogP contribution in [0.4, 0.5) is 4.39 Å². The van der Waals surface area contributed by atoms with Crippen LogP contribution in [0.3, 0.4) is 0 Å². The molecule has 0 unspecified atom stereocenters. The molecule has 4 aromatic rings. The molecule has 0 radical (unpaired) electrons. The molecule has 1 aromatic carbocycles. The summed E-state index contributed by atoms with van der Waals surface area (Å²) in [6.07, 6.45) is 3.12. The molecule has 1 aliphatic rings. The van der Waals surface area contributed by atoms with Crippen molar-refractivity contribution in [2.45, 2.75) is 44.5 Å². The number of rotatable bonds is 13. The zero-order chi connectivity index (χ0) is 32.1. The van der Waals surface area contributed by atoms with E-state index in [4.69, 9.17) is 22.1 Å². The summed E-state index contributed by atoms with van der Waals surface area (Å²) < 4.78 is 22.2. The number of benzene rings is 1. The molecule has 1 fully saturated rings. The Bertz CT molecular complexity index is 1800. The minimum absolute atomic E-state index is 0.00364. The van der Waals surface area contributed by atoms with Crippen LogP contribution in [0.15, 0.2) is 53.6 Å². The number of halogens is 2. The summed E-state index contributed by atoms with van der Waals surface area (Å²) in [6, 6.07) is 10.1. The van der Waals surface area contributed by atoms with E-state index in [1.165, 1.54) is 23.8 Å². The number of aromatic nitrogens is 3. The fraction of sp³-hybridized carbons (Fsp3) is 0.323. The summed E-state index contributed by atoms with van der Waals surface area (Å²) >= 11 is 6.86. The molecule has 0 saturated carbocycles. The number of carbonyl (C=O) groups excluding carboxylic acids is 2. The van der Waals surface area contributed by atoms with Gasteiger partial charge in [-0.1, -0.05) is 29.8 Å². The number of nitrogens with one attached hydrogen (secondary N) is 3. The van der Waals surface area contributed by atoms with Crippen molar-refractivity contribution in [1.82, 2.24) is 30.3 Å². The molecule has 5 rings (SSSR count). The molecule has 1 aliphatic heterocycles. The van der Waals surface area contributed by atoms with Gasteiger partial charge in [-0.25, -0.2) is 14.4 Å². The standard InChI is InChI=1S/C31H33ClFN7O5/c1-45-30-23(16-36-14-19-5-6-28(43)38-19)24(33)11-25(39-30)22-4-2-3-21(29(22)32)17-7-8-40-27(9-17)37-13-18(31(40)44)12-35-15-20(41)10-26(34)42/h2-4,7-9,11,13,19-20,35-36,41H,5-6,10,12,14-16H2,1H3,(H2,34,42)(H,38,43)/t19-,20-/m0/s1. The Labute approximate surface area is 262 Å². The maximum absolute atomic E-state index is 15.4. The van der Waals surface area contributed by atoms with E-state index in [0.29, 0.717) is 45.9 Å². The predicted molar refractivity (Wildman–Crippen MR) is 166 cm³/mol. The third kappa shape index (κ3) is 7.45. The van der Waals surface area contributed by atoms with E-state index >= 15 is 4.39 Å². The number of nitrogens with two attached hydrogens (primary N) is 1. The number of hydrogen-bond donors (Lipinski definition) is 5. The van der Waals surface area contributed by atoms with Crippen molar-refractivity contribution < 1.29 is 23.8 Å². The third-order valence-corrected chi connectivity index (χ3v) is 7.91. The summed E-state index contributed by atoms with van der Waals surface area (Å²) in [5.41, 5.74) is 7.91. The van der Waals surface area contributed by atoms with Gasteiger partial charge in [-0.15, -0.1) is 0 Å². The molecule has 0 spiro atoms. The number of carbonyl (C=O) groups is 2. The summed E-state index contributed by atoms with van der Waals surface area (Å²) in [5, 5.41) is 19.1. The Hall–Kier alpha value is -4.43.